The molecule has 2 aliphatic heterocycles. The van der Waals surface area contributed by atoms with Gasteiger partial charge in [-0.05, 0) is 18.6 Å². The summed E-state index contributed by atoms with van der Waals surface area (Å²) in [5, 5.41) is 14.2. The molecule has 0 aliphatic carbocycles. The summed E-state index contributed by atoms with van der Waals surface area (Å²) >= 11 is 0. The molecule has 190 valence electrons. The van der Waals surface area contributed by atoms with Gasteiger partial charge < -0.3 is 20.6 Å². The van der Waals surface area contributed by atoms with E-state index in [0.29, 0.717) is 43.5 Å². The molecule has 4 heterocycles. The van der Waals surface area contributed by atoms with Gasteiger partial charge in [-0.15, -0.1) is 0 Å². The number of piperazine rings is 1. The first-order valence-corrected chi connectivity index (χ1v) is 12.1. The molecule has 0 saturated carbocycles. The fourth-order valence-corrected chi connectivity index (χ4v) is 4.67. The van der Waals surface area contributed by atoms with Crippen molar-refractivity contribution in [2.75, 3.05) is 61.3 Å². The zero-order chi connectivity index (χ0) is 25.2. The van der Waals surface area contributed by atoms with Gasteiger partial charge >= 0.3 is 0 Å². The number of nitrogens with zero attached hydrogens (tertiary/aromatic N) is 7. The number of hydrogen-bond donors (Lipinski definition) is 2. The summed E-state index contributed by atoms with van der Waals surface area (Å²) in [5.41, 5.74) is 8.56. The van der Waals surface area contributed by atoms with Gasteiger partial charge in [-0.25, -0.2) is 13.5 Å². The van der Waals surface area contributed by atoms with Crippen molar-refractivity contribution in [2.45, 2.75) is 19.4 Å². The number of halogens is 2. The van der Waals surface area contributed by atoms with Crippen molar-refractivity contribution in [3.8, 4) is 5.82 Å². The highest BCUT2D eigenvalue weighted by Gasteiger charge is 2.26. The van der Waals surface area contributed by atoms with Crippen LogP contribution in [0.4, 0.5) is 26.2 Å². The molecule has 11 heteroatoms. The maximum Gasteiger partial charge on any atom is 0.224 e. The van der Waals surface area contributed by atoms with Gasteiger partial charge in [0.15, 0.2) is 5.82 Å². The first kappa shape index (κ1) is 24.1. The molecule has 0 unspecified atom stereocenters. The summed E-state index contributed by atoms with van der Waals surface area (Å²) in [6.07, 6.45) is 6.40. The molecule has 9 nitrogen and oxygen atoms in total. The predicted octanol–water partition coefficient (Wildman–Crippen LogP) is 2.10. The number of nitrogens with two attached hydrogens (primary N) is 1. The van der Waals surface area contributed by atoms with Crippen LogP contribution in [0.1, 0.15) is 18.2 Å². The molecular weight excluding hydrogens is 466 g/mol. The molecule has 2 aliphatic rings. The summed E-state index contributed by atoms with van der Waals surface area (Å²) in [5.74, 6) is 0.335. The maximum absolute atomic E-state index is 13.5. The number of β-amino-alcohol motifs (C(OH)–C–C–N with tert-alkyl or cyclic N) is 1. The summed E-state index contributed by atoms with van der Waals surface area (Å²) in [6, 6.07) is 5.49. The van der Waals surface area contributed by atoms with Gasteiger partial charge in [0.25, 0.3) is 0 Å². The Hall–Kier alpha value is -3.57. The Morgan fingerprint density at radius 1 is 1.00 bits per heavy atom. The van der Waals surface area contributed by atoms with Gasteiger partial charge in [-0.3, -0.25) is 4.90 Å². The number of benzene rings is 1. The van der Waals surface area contributed by atoms with E-state index in [4.69, 9.17) is 5.73 Å². The van der Waals surface area contributed by atoms with Crippen LogP contribution < -0.4 is 15.5 Å². The van der Waals surface area contributed by atoms with E-state index in [2.05, 4.69) is 39.0 Å². The third-order valence-electron chi connectivity index (χ3n) is 6.60. The van der Waals surface area contributed by atoms with Crippen LogP contribution in [-0.4, -0.2) is 81.7 Å². The van der Waals surface area contributed by atoms with E-state index in [0.717, 1.165) is 43.4 Å². The minimum atomic E-state index is -0.553. The number of anilines is 3. The number of aliphatic hydroxyl groups excluding tert-OH is 1. The second-order valence-corrected chi connectivity index (χ2v) is 9.13. The highest BCUT2D eigenvalue weighted by atomic mass is 19.1. The van der Waals surface area contributed by atoms with E-state index >= 15 is 0 Å². The molecule has 3 aromatic rings. The van der Waals surface area contributed by atoms with Crippen LogP contribution in [-0.2, 0) is 6.42 Å². The zero-order valence-corrected chi connectivity index (χ0v) is 20.2. The van der Waals surface area contributed by atoms with Crippen LogP contribution in [0.5, 0.6) is 0 Å². The van der Waals surface area contributed by atoms with E-state index in [-0.39, 0.29) is 12.1 Å². The van der Waals surface area contributed by atoms with Crippen LogP contribution in [0.15, 0.2) is 36.5 Å². The molecule has 5 rings (SSSR count). The molecule has 0 amide bonds. The molecule has 3 N–H and O–H groups in total. The largest absolute Gasteiger partial charge is 0.389 e. The van der Waals surface area contributed by atoms with Crippen molar-refractivity contribution < 1.29 is 13.9 Å². The molecule has 0 radical (unpaired) electrons. The monoisotopic (exact) mass is 496 g/mol. The third-order valence-corrected chi connectivity index (χ3v) is 6.60. The quantitative estimate of drug-likeness (QED) is 0.513. The van der Waals surface area contributed by atoms with Crippen molar-refractivity contribution in [1.29, 1.82) is 0 Å². The number of aromatic nitrogens is 4. The molecule has 2 aromatic heterocycles. The van der Waals surface area contributed by atoms with Gasteiger partial charge in [-0.2, -0.15) is 15.1 Å². The van der Waals surface area contributed by atoms with E-state index in [1.807, 2.05) is 22.1 Å². The Morgan fingerprint density at radius 3 is 2.36 bits per heavy atom. The summed E-state index contributed by atoms with van der Waals surface area (Å²) in [7, 11) is 0. The number of hydrogen-bond acceptors (Lipinski definition) is 8. The Kier molecular flexibility index (Phi) is 6.84. The van der Waals surface area contributed by atoms with Gasteiger partial charge in [0.1, 0.15) is 17.5 Å². The molecule has 2 saturated heterocycles. The van der Waals surface area contributed by atoms with Crippen molar-refractivity contribution >= 4 is 23.5 Å². The highest BCUT2D eigenvalue weighted by Crippen LogP contribution is 2.24. The first-order valence-electron chi connectivity index (χ1n) is 12.1. The van der Waals surface area contributed by atoms with Gasteiger partial charge in [0.2, 0.25) is 5.95 Å². The van der Waals surface area contributed by atoms with E-state index in [1.165, 1.54) is 12.1 Å². The number of nitrogen functional groups attached to an aromatic ring is 1. The second kappa shape index (κ2) is 10.2. The molecule has 36 heavy (non-hydrogen) atoms. The normalized spacial score (nSPS) is 17.2. The number of rotatable bonds is 7. The average Bonchev–Trinajstić information content (AvgIpc) is 3.24. The standard InChI is InChI=1S/C25H30F2N8O/c1-2-22-17(14-29-35(22)24-13-23(30-25(28)31-24)34-15-21(36)16-34)4-3-5-32-6-8-33(9-7-32)20-11-18(26)10-19(27)12-20/h3-4,10-14,21,36H,2,5-9,15-16H2,1H3,(H2,28,30,31)/b4-3+. The van der Waals surface area contributed by atoms with E-state index in [1.54, 1.807) is 4.68 Å². The minimum Gasteiger partial charge on any atom is -0.389 e. The van der Waals surface area contributed by atoms with Crippen LogP contribution in [0.3, 0.4) is 0 Å². The van der Waals surface area contributed by atoms with Crippen LogP contribution in [0, 0.1) is 11.6 Å². The van der Waals surface area contributed by atoms with Crippen molar-refractivity contribution in [2.24, 2.45) is 0 Å². The third kappa shape index (κ3) is 5.17. The van der Waals surface area contributed by atoms with Crippen molar-refractivity contribution in [3.05, 3.63) is 59.4 Å². The Balaban J connectivity index is 1.22. The second-order valence-electron chi connectivity index (χ2n) is 9.13. The SMILES string of the molecule is CCc1c(/C=C/CN2CCN(c3cc(F)cc(F)c3)CC2)cnn1-c1cc(N2CC(O)C2)nc(N)n1. The topological polar surface area (TPSA) is 99.6 Å². The highest BCUT2D eigenvalue weighted by molar-refractivity contribution is 5.55. The molecular formula is C25H30F2N8O. The smallest absolute Gasteiger partial charge is 0.224 e. The Labute approximate surface area is 208 Å². The van der Waals surface area contributed by atoms with Gasteiger partial charge in [-0.1, -0.05) is 19.1 Å². The van der Waals surface area contributed by atoms with Gasteiger partial charge in [0, 0.05) is 69.2 Å². The lowest BCUT2D eigenvalue weighted by atomic mass is 10.1. The molecule has 0 bridgehead atoms. The van der Waals surface area contributed by atoms with Crippen molar-refractivity contribution in [1.82, 2.24) is 24.6 Å². The van der Waals surface area contributed by atoms with Crippen molar-refractivity contribution in [3.63, 3.8) is 0 Å². The maximum atomic E-state index is 13.5. The van der Waals surface area contributed by atoms with Crippen LogP contribution >= 0.6 is 0 Å². The fraction of sp³-hybridized carbons (Fsp3) is 0.400. The number of aliphatic hydroxyl groups is 1. The molecule has 1 aromatic carbocycles. The van der Waals surface area contributed by atoms with Crippen LogP contribution in [0.25, 0.3) is 11.9 Å². The predicted molar refractivity (Wildman–Crippen MR) is 135 cm³/mol. The summed E-state index contributed by atoms with van der Waals surface area (Å²) in [6.45, 7) is 6.90. The lowest BCUT2D eigenvalue weighted by Gasteiger charge is -2.36. The lowest BCUT2D eigenvalue weighted by molar-refractivity contribution is 0.141. The van der Waals surface area contributed by atoms with Crippen LogP contribution in [0.2, 0.25) is 0 Å². The average molecular weight is 497 g/mol. The Morgan fingerprint density at radius 2 is 1.69 bits per heavy atom. The lowest BCUT2D eigenvalue weighted by Crippen LogP contribution is -2.51. The van der Waals surface area contributed by atoms with Gasteiger partial charge in [0.05, 0.1) is 18.0 Å². The molecule has 0 spiro atoms. The van der Waals surface area contributed by atoms with E-state index in [9.17, 15) is 13.9 Å². The summed E-state index contributed by atoms with van der Waals surface area (Å²) < 4.78 is 28.9. The summed E-state index contributed by atoms with van der Waals surface area (Å²) in [4.78, 5) is 14.9. The molecule has 2 fully saturated rings. The fourth-order valence-electron chi connectivity index (χ4n) is 4.67. The van der Waals surface area contributed by atoms with E-state index < -0.39 is 11.6 Å². The first-order chi connectivity index (χ1) is 17.4. The zero-order valence-electron chi connectivity index (χ0n) is 20.2. The Bertz CT molecular complexity index is 1230. The minimum absolute atomic E-state index is 0.165. The molecule has 0 atom stereocenters.